The first-order chi connectivity index (χ1) is 11.5. The molecule has 0 saturated carbocycles. The molecule has 3 aromatic rings. The minimum Gasteiger partial charge on any atom is -0.293 e. The van der Waals surface area contributed by atoms with Gasteiger partial charge in [0.15, 0.2) is 17.4 Å². The van der Waals surface area contributed by atoms with E-state index in [0.29, 0.717) is 15.9 Å². The van der Waals surface area contributed by atoms with E-state index in [1.165, 1.54) is 10.7 Å². The van der Waals surface area contributed by atoms with Crippen molar-refractivity contribution in [3.8, 4) is 5.69 Å². The van der Waals surface area contributed by atoms with Gasteiger partial charge < -0.3 is 0 Å². The molecule has 2 aromatic carbocycles. The van der Waals surface area contributed by atoms with Gasteiger partial charge in [0.05, 0.1) is 11.4 Å². The molecule has 3 rings (SSSR count). The molecule has 0 aliphatic rings. The molecule has 0 N–H and O–H groups in total. The van der Waals surface area contributed by atoms with Crippen molar-refractivity contribution in [2.45, 2.75) is 5.16 Å². The van der Waals surface area contributed by atoms with Crippen LogP contribution in [0.15, 0.2) is 47.6 Å². The molecule has 0 unspecified atom stereocenters. The fourth-order valence-electron chi connectivity index (χ4n) is 1.90. The van der Waals surface area contributed by atoms with Crippen LogP contribution >= 0.6 is 23.4 Å². The second-order valence-electron chi connectivity index (χ2n) is 4.69. The largest absolute Gasteiger partial charge is 0.293 e. The highest BCUT2D eigenvalue weighted by Gasteiger charge is 2.14. The van der Waals surface area contributed by atoms with Crippen molar-refractivity contribution in [3.05, 3.63) is 64.7 Å². The predicted molar refractivity (Wildman–Crippen MR) is 85.6 cm³/mol. The van der Waals surface area contributed by atoms with Crippen LogP contribution < -0.4 is 0 Å². The lowest BCUT2D eigenvalue weighted by Gasteiger charge is -2.04. The van der Waals surface area contributed by atoms with E-state index in [1.807, 2.05) is 0 Å². The molecule has 0 bridgehead atoms. The Morgan fingerprint density at radius 3 is 2.58 bits per heavy atom. The van der Waals surface area contributed by atoms with Crippen LogP contribution in [-0.2, 0) is 0 Å². The summed E-state index contributed by atoms with van der Waals surface area (Å²) in [5, 5.41) is 12.3. The van der Waals surface area contributed by atoms with E-state index in [9.17, 15) is 13.6 Å². The number of nitrogens with zero attached hydrogens (tertiary/aromatic N) is 4. The number of rotatable bonds is 5. The van der Waals surface area contributed by atoms with Crippen LogP contribution in [0.5, 0.6) is 0 Å². The van der Waals surface area contributed by atoms with Gasteiger partial charge >= 0.3 is 0 Å². The summed E-state index contributed by atoms with van der Waals surface area (Å²) in [6.45, 7) is 0. The number of carbonyl (C=O) groups excluding carboxylic acids is 1. The third kappa shape index (κ3) is 3.60. The summed E-state index contributed by atoms with van der Waals surface area (Å²) in [6, 6.07) is 9.90. The van der Waals surface area contributed by atoms with Gasteiger partial charge in [-0.05, 0) is 52.9 Å². The maximum absolute atomic E-state index is 13.2. The SMILES string of the molecule is O=C(CSc1nnnn1-c1ccc(Cl)cc1)c1ccc(F)c(F)c1. The van der Waals surface area contributed by atoms with Crippen molar-refractivity contribution >= 4 is 29.1 Å². The van der Waals surface area contributed by atoms with Gasteiger partial charge in [0, 0.05) is 10.6 Å². The molecular weight excluding hydrogens is 358 g/mol. The van der Waals surface area contributed by atoms with Crippen LogP contribution in [0, 0.1) is 11.6 Å². The lowest BCUT2D eigenvalue weighted by atomic mass is 10.1. The summed E-state index contributed by atoms with van der Waals surface area (Å²) < 4.78 is 27.6. The van der Waals surface area contributed by atoms with Crippen LogP contribution in [0.2, 0.25) is 5.02 Å². The Labute approximate surface area is 144 Å². The number of thioether (sulfide) groups is 1. The Balaban J connectivity index is 1.73. The van der Waals surface area contributed by atoms with E-state index in [-0.39, 0.29) is 17.1 Å². The molecule has 1 aromatic heterocycles. The third-order valence-corrected chi connectivity index (χ3v) is 4.26. The van der Waals surface area contributed by atoms with Crippen molar-refractivity contribution in [3.63, 3.8) is 0 Å². The number of carbonyl (C=O) groups is 1. The summed E-state index contributed by atoms with van der Waals surface area (Å²) in [5.41, 5.74) is 0.777. The van der Waals surface area contributed by atoms with Crippen LogP contribution in [0.3, 0.4) is 0 Å². The summed E-state index contributed by atoms with van der Waals surface area (Å²) in [6.07, 6.45) is 0. The molecule has 0 radical (unpaired) electrons. The van der Waals surface area contributed by atoms with Crippen LogP contribution in [0.1, 0.15) is 10.4 Å². The Morgan fingerprint density at radius 1 is 1.12 bits per heavy atom. The van der Waals surface area contributed by atoms with Crippen molar-refractivity contribution in [2.24, 2.45) is 0 Å². The number of halogens is 3. The monoisotopic (exact) mass is 366 g/mol. The lowest BCUT2D eigenvalue weighted by Crippen LogP contribution is -2.05. The van der Waals surface area contributed by atoms with Crippen LogP contribution in [-0.4, -0.2) is 31.7 Å². The van der Waals surface area contributed by atoms with E-state index < -0.39 is 11.6 Å². The van der Waals surface area contributed by atoms with E-state index in [0.717, 1.165) is 23.9 Å². The van der Waals surface area contributed by atoms with Gasteiger partial charge in [-0.25, -0.2) is 8.78 Å². The van der Waals surface area contributed by atoms with Gasteiger partial charge in [-0.1, -0.05) is 23.4 Å². The third-order valence-electron chi connectivity index (χ3n) is 3.09. The standard InChI is InChI=1S/C15H9ClF2N4OS/c16-10-2-4-11(5-3-10)22-15(19-20-21-22)24-8-14(23)9-1-6-12(17)13(18)7-9/h1-7H,8H2. The van der Waals surface area contributed by atoms with Crippen molar-refractivity contribution in [1.29, 1.82) is 0 Å². The highest BCUT2D eigenvalue weighted by atomic mass is 35.5. The minimum atomic E-state index is -1.06. The smallest absolute Gasteiger partial charge is 0.214 e. The van der Waals surface area contributed by atoms with Gasteiger partial charge in [0.1, 0.15) is 0 Å². The highest BCUT2D eigenvalue weighted by molar-refractivity contribution is 7.99. The number of aromatic nitrogens is 4. The number of benzene rings is 2. The fraction of sp³-hybridized carbons (Fsp3) is 0.0667. The molecule has 0 aliphatic carbocycles. The molecule has 122 valence electrons. The van der Waals surface area contributed by atoms with Crippen molar-refractivity contribution in [2.75, 3.05) is 5.75 Å². The number of ketones is 1. The molecule has 9 heteroatoms. The molecule has 0 spiro atoms. The maximum Gasteiger partial charge on any atom is 0.214 e. The summed E-state index contributed by atoms with van der Waals surface area (Å²) in [7, 11) is 0. The van der Waals surface area contributed by atoms with E-state index in [2.05, 4.69) is 15.5 Å². The molecule has 0 aliphatic heterocycles. The normalized spacial score (nSPS) is 10.8. The first-order valence-corrected chi connectivity index (χ1v) is 8.06. The Bertz CT molecular complexity index is 885. The Kier molecular flexibility index (Phi) is 4.86. The van der Waals surface area contributed by atoms with Gasteiger partial charge in [-0.2, -0.15) is 4.68 Å². The maximum atomic E-state index is 13.2. The fourth-order valence-corrected chi connectivity index (χ4v) is 2.81. The Hall–Kier alpha value is -2.32. The molecule has 0 fully saturated rings. The lowest BCUT2D eigenvalue weighted by molar-refractivity contribution is 0.102. The molecule has 1 heterocycles. The Morgan fingerprint density at radius 2 is 1.88 bits per heavy atom. The quantitative estimate of drug-likeness (QED) is 0.510. The zero-order chi connectivity index (χ0) is 17.1. The number of Topliss-reactive ketones (excluding diaryl/α,β-unsaturated/α-hetero) is 1. The molecular formula is C15H9ClF2N4OS. The topological polar surface area (TPSA) is 60.7 Å². The molecule has 5 nitrogen and oxygen atoms in total. The first-order valence-electron chi connectivity index (χ1n) is 6.70. The molecule has 0 saturated heterocycles. The van der Waals surface area contributed by atoms with Gasteiger partial charge in [0.2, 0.25) is 5.16 Å². The van der Waals surface area contributed by atoms with Gasteiger partial charge in [0.25, 0.3) is 0 Å². The molecule has 0 atom stereocenters. The van der Waals surface area contributed by atoms with Crippen molar-refractivity contribution in [1.82, 2.24) is 20.2 Å². The van der Waals surface area contributed by atoms with E-state index >= 15 is 0 Å². The predicted octanol–water partition coefficient (Wildman–Crippen LogP) is 3.57. The summed E-state index contributed by atoms with van der Waals surface area (Å²) >= 11 is 6.93. The van der Waals surface area contributed by atoms with E-state index in [1.54, 1.807) is 24.3 Å². The van der Waals surface area contributed by atoms with Gasteiger partial charge in [-0.15, -0.1) is 5.10 Å². The van der Waals surface area contributed by atoms with Gasteiger partial charge in [-0.3, -0.25) is 4.79 Å². The van der Waals surface area contributed by atoms with E-state index in [4.69, 9.17) is 11.6 Å². The molecule has 24 heavy (non-hydrogen) atoms. The number of tetrazole rings is 1. The van der Waals surface area contributed by atoms with Crippen LogP contribution in [0.25, 0.3) is 5.69 Å². The van der Waals surface area contributed by atoms with Crippen LogP contribution in [0.4, 0.5) is 8.78 Å². The first kappa shape index (κ1) is 16.5. The zero-order valence-electron chi connectivity index (χ0n) is 12.0. The number of hydrogen-bond acceptors (Lipinski definition) is 5. The minimum absolute atomic E-state index is 0.0148. The highest BCUT2D eigenvalue weighted by Crippen LogP contribution is 2.21. The second kappa shape index (κ2) is 7.06. The second-order valence-corrected chi connectivity index (χ2v) is 6.07. The summed E-state index contributed by atoms with van der Waals surface area (Å²) in [5.74, 6) is -2.42. The van der Waals surface area contributed by atoms with Crippen molar-refractivity contribution < 1.29 is 13.6 Å². The average molecular weight is 367 g/mol. The average Bonchev–Trinajstić information content (AvgIpc) is 3.04. The zero-order valence-corrected chi connectivity index (χ0v) is 13.6. The number of hydrogen-bond donors (Lipinski definition) is 0. The molecule has 0 amide bonds. The summed E-state index contributed by atoms with van der Waals surface area (Å²) in [4.78, 5) is 12.1.